The van der Waals surface area contributed by atoms with Crippen molar-refractivity contribution in [2.75, 3.05) is 45.7 Å². The van der Waals surface area contributed by atoms with Crippen LogP contribution in [0.1, 0.15) is 12.2 Å². The molecule has 1 fully saturated rings. The summed E-state index contributed by atoms with van der Waals surface area (Å²) in [7, 11) is 0.0733. The smallest absolute Gasteiger partial charge is 0.243 e. The number of rotatable bonds is 8. The standard InChI is InChI=1S/C25H29N3O5S/c1-27-15-17-28(18-16-27)34(30,31)23-11-5-20(6-12-23)26-25(29)14-10-22-9-13-24(33-22)19-3-7-21(32-2)8-4-19/h3-9,11-13H,10,14-18H2,1-2H3,(H,26,29). The Morgan fingerprint density at radius 2 is 1.65 bits per heavy atom. The van der Waals surface area contributed by atoms with E-state index in [1.807, 2.05) is 43.4 Å². The van der Waals surface area contributed by atoms with Crippen molar-refractivity contribution in [1.29, 1.82) is 0 Å². The summed E-state index contributed by atoms with van der Waals surface area (Å²) in [5.41, 5.74) is 1.49. The lowest BCUT2D eigenvalue weighted by Crippen LogP contribution is -2.46. The Morgan fingerprint density at radius 3 is 2.29 bits per heavy atom. The third kappa shape index (κ3) is 5.67. The molecular weight excluding hydrogens is 454 g/mol. The Hall–Kier alpha value is -3.14. The number of hydrogen-bond acceptors (Lipinski definition) is 6. The van der Waals surface area contributed by atoms with Gasteiger partial charge >= 0.3 is 0 Å². The molecule has 0 aliphatic carbocycles. The van der Waals surface area contributed by atoms with E-state index < -0.39 is 10.0 Å². The third-order valence-corrected chi connectivity index (χ3v) is 7.79. The number of furan rings is 1. The number of likely N-dealkylation sites (N-methyl/N-ethyl adjacent to an activating group) is 1. The fourth-order valence-electron chi connectivity index (χ4n) is 3.77. The summed E-state index contributed by atoms with van der Waals surface area (Å²) in [4.78, 5) is 14.7. The summed E-state index contributed by atoms with van der Waals surface area (Å²) in [6.45, 7) is 2.38. The van der Waals surface area contributed by atoms with Gasteiger partial charge in [0.2, 0.25) is 15.9 Å². The lowest BCUT2D eigenvalue weighted by Gasteiger charge is -2.31. The van der Waals surface area contributed by atoms with Gasteiger partial charge in [-0.05, 0) is 67.7 Å². The highest BCUT2D eigenvalue weighted by atomic mass is 32.2. The number of amides is 1. The topological polar surface area (TPSA) is 92.1 Å². The van der Waals surface area contributed by atoms with Crippen molar-refractivity contribution >= 4 is 21.6 Å². The van der Waals surface area contributed by atoms with Crippen molar-refractivity contribution in [3.8, 4) is 17.1 Å². The number of sulfonamides is 1. The zero-order chi connectivity index (χ0) is 24.1. The zero-order valence-electron chi connectivity index (χ0n) is 19.4. The number of benzene rings is 2. The van der Waals surface area contributed by atoms with Crippen molar-refractivity contribution < 1.29 is 22.4 Å². The number of hydrogen-bond donors (Lipinski definition) is 1. The van der Waals surface area contributed by atoms with Crippen LogP contribution in [0.3, 0.4) is 0 Å². The molecule has 0 saturated carbocycles. The first-order valence-electron chi connectivity index (χ1n) is 11.2. The first kappa shape index (κ1) is 24.0. The maximum absolute atomic E-state index is 12.8. The van der Waals surface area contributed by atoms with Crippen LogP contribution in [-0.2, 0) is 21.2 Å². The van der Waals surface area contributed by atoms with E-state index in [-0.39, 0.29) is 17.2 Å². The number of carbonyl (C=O) groups is 1. The second-order valence-corrected chi connectivity index (χ2v) is 10.2. The molecule has 1 N–H and O–H groups in total. The predicted molar refractivity (Wildman–Crippen MR) is 130 cm³/mol. The number of anilines is 1. The minimum absolute atomic E-state index is 0.169. The molecule has 1 amide bonds. The Labute approximate surface area is 200 Å². The molecule has 9 heteroatoms. The molecule has 2 aromatic carbocycles. The number of nitrogens with one attached hydrogen (secondary N) is 1. The summed E-state index contributed by atoms with van der Waals surface area (Å²) in [6, 6.07) is 17.6. The van der Waals surface area contributed by atoms with E-state index in [0.717, 1.165) is 22.8 Å². The van der Waals surface area contributed by atoms with Crippen LogP contribution in [0.25, 0.3) is 11.3 Å². The number of aryl methyl sites for hydroxylation is 1. The average Bonchev–Trinajstić information content (AvgIpc) is 3.33. The molecule has 1 aliphatic rings. The second-order valence-electron chi connectivity index (χ2n) is 8.27. The molecule has 4 rings (SSSR count). The van der Waals surface area contributed by atoms with E-state index in [0.29, 0.717) is 38.3 Å². The fourth-order valence-corrected chi connectivity index (χ4v) is 5.19. The second kappa shape index (κ2) is 10.4. The Morgan fingerprint density at radius 1 is 0.971 bits per heavy atom. The van der Waals surface area contributed by atoms with E-state index in [1.54, 1.807) is 19.2 Å². The van der Waals surface area contributed by atoms with Gasteiger partial charge in [-0.3, -0.25) is 4.79 Å². The Balaban J connectivity index is 1.30. The van der Waals surface area contributed by atoms with Crippen LogP contribution < -0.4 is 10.1 Å². The van der Waals surface area contributed by atoms with Crippen molar-refractivity contribution in [1.82, 2.24) is 9.21 Å². The largest absolute Gasteiger partial charge is 0.497 e. The van der Waals surface area contributed by atoms with E-state index >= 15 is 0 Å². The lowest BCUT2D eigenvalue weighted by atomic mass is 10.2. The Kier molecular flexibility index (Phi) is 7.35. The van der Waals surface area contributed by atoms with Gasteiger partial charge in [-0.15, -0.1) is 0 Å². The molecular formula is C25H29N3O5S. The summed E-state index contributed by atoms with van der Waals surface area (Å²) >= 11 is 0. The maximum atomic E-state index is 12.8. The maximum Gasteiger partial charge on any atom is 0.243 e. The minimum Gasteiger partial charge on any atom is -0.497 e. The highest BCUT2D eigenvalue weighted by molar-refractivity contribution is 7.89. The molecule has 1 aromatic heterocycles. The van der Waals surface area contributed by atoms with Crippen LogP contribution in [0, 0.1) is 0 Å². The minimum atomic E-state index is -3.53. The highest BCUT2D eigenvalue weighted by Crippen LogP contribution is 2.25. The van der Waals surface area contributed by atoms with Crippen LogP contribution in [-0.4, -0.2) is 63.9 Å². The van der Waals surface area contributed by atoms with Crippen LogP contribution in [0.5, 0.6) is 5.75 Å². The SMILES string of the molecule is COc1ccc(-c2ccc(CCC(=O)Nc3ccc(S(=O)(=O)N4CCN(C)CC4)cc3)o2)cc1. The molecule has 0 radical (unpaired) electrons. The van der Waals surface area contributed by atoms with Gasteiger partial charge in [0.05, 0.1) is 12.0 Å². The van der Waals surface area contributed by atoms with Gasteiger partial charge in [-0.1, -0.05) is 0 Å². The van der Waals surface area contributed by atoms with Gasteiger partial charge in [0.15, 0.2) is 0 Å². The first-order chi connectivity index (χ1) is 16.3. The molecule has 1 aliphatic heterocycles. The molecule has 1 saturated heterocycles. The lowest BCUT2D eigenvalue weighted by molar-refractivity contribution is -0.116. The van der Waals surface area contributed by atoms with Crippen molar-refractivity contribution in [3.63, 3.8) is 0 Å². The molecule has 34 heavy (non-hydrogen) atoms. The summed E-state index contributed by atoms with van der Waals surface area (Å²) in [5, 5.41) is 2.82. The van der Waals surface area contributed by atoms with Gasteiger partial charge in [0.25, 0.3) is 0 Å². The molecule has 3 aromatic rings. The van der Waals surface area contributed by atoms with Crippen LogP contribution >= 0.6 is 0 Å². The van der Waals surface area contributed by atoms with Crippen LogP contribution in [0.4, 0.5) is 5.69 Å². The van der Waals surface area contributed by atoms with Gasteiger partial charge in [-0.2, -0.15) is 4.31 Å². The zero-order valence-corrected chi connectivity index (χ0v) is 20.2. The monoisotopic (exact) mass is 483 g/mol. The molecule has 8 nitrogen and oxygen atoms in total. The molecule has 2 heterocycles. The quantitative estimate of drug-likeness (QED) is 0.528. The highest BCUT2D eigenvalue weighted by Gasteiger charge is 2.27. The van der Waals surface area contributed by atoms with E-state index in [4.69, 9.17) is 9.15 Å². The van der Waals surface area contributed by atoms with Crippen molar-refractivity contribution in [2.45, 2.75) is 17.7 Å². The number of piperazine rings is 1. The number of methoxy groups -OCH3 is 1. The van der Waals surface area contributed by atoms with Crippen LogP contribution in [0.2, 0.25) is 0 Å². The summed E-state index contributed by atoms with van der Waals surface area (Å²) in [6.07, 6.45) is 0.703. The Bertz CT molecular complexity index is 1210. The third-order valence-electron chi connectivity index (χ3n) is 5.87. The van der Waals surface area contributed by atoms with Gasteiger partial charge in [-0.25, -0.2) is 8.42 Å². The van der Waals surface area contributed by atoms with Gasteiger partial charge in [0, 0.05) is 50.3 Å². The molecule has 0 bridgehead atoms. The molecule has 0 spiro atoms. The number of nitrogens with zero attached hydrogens (tertiary/aromatic N) is 2. The number of ether oxygens (including phenoxy) is 1. The number of carbonyl (C=O) groups excluding carboxylic acids is 1. The van der Waals surface area contributed by atoms with Crippen molar-refractivity contribution in [2.24, 2.45) is 0 Å². The predicted octanol–water partition coefficient (Wildman–Crippen LogP) is 3.46. The fraction of sp³-hybridized carbons (Fsp3) is 0.320. The molecule has 0 unspecified atom stereocenters. The van der Waals surface area contributed by atoms with Crippen molar-refractivity contribution in [3.05, 3.63) is 66.4 Å². The summed E-state index contributed by atoms with van der Waals surface area (Å²) in [5.74, 6) is 2.05. The van der Waals surface area contributed by atoms with E-state index in [9.17, 15) is 13.2 Å². The molecule has 180 valence electrons. The normalized spacial score (nSPS) is 15.2. The first-order valence-corrected chi connectivity index (χ1v) is 12.6. The van der Waals surface area contributed by atoms with Gasteiger partial charge < -0.3 is 19.4 Å². The summed E-state index contributed by atoms with van der Waals surface area (Å²) < 4.78 is 38.2. The van der Waals surface area contributed by atoms with E-state index in [1.165, 1.54) is 16.4 Å². The van der Waals surface area contributed by atoms with Gasteiger partial charge in [0.1, 0.15) is 17.3 Å². The average molecular weight is 484 g/mol. The van der Waals surface area contributed by atoms with Crippen LogP contribution in [0.15, 0.2) is 70.0 Å². The molecule has 0 atom stereocenters. The van der Waals surface area contributed by atoms with E-state index in [2.05, 4.69) is 10.2 Å².